The monoisotopic (exact) mass is 258 g/mol. The number of carbonyl (C=O) groups excluding carboxylic acids is 1. The van der Waals surface area contributed by atoms with Crippen LogP contribution >= 0.6 is 0 Å². The first kappa shape index (κ1) is 11.9. The van der Waals surface area contributed by atoms with E-state index < -0.39 is 6.04 Å². The number of aromatic nitrogens is 2. The van der Waals surface area contributed by atoms with Gasteiger partial charge in [0.15, 0.2) is 12.2 Å². The lowest BCUT2D eigenvalue weighted by Crippen LogP contribution is -2.39. The Morgan fingerprint density at radius 3 is 3.05 bits per heavy atom. The van der Waals surface area contributed by atoms with Gasteiger partial charge in [0.05, 0.1) is 5.69 Å². The first-order chi connectivity index (χ1) is 9.31. The SMILES string of the molecule is CNC1C(=O)N(c2ccccn2)CCc2ncoc21. The molecule has 1 amide bonds. The van der Waals surface area contributed by atoms with Crippen molar-refractivity contribution in [1.29, 1.82) is 0 Å². The number of fused-ring (bicyclic) bond motifs is 1. The van der Waals surface area contributed by atoms with Crippen LogP contribution in [0.2, 0.25) is 0 Å². The molecular weight excluding hydrogens is 244 g/mol. The van der Waals surface area contributed by atoms with E-state index in [1.165, 1.54) is 6.39 Å². The maximum absolute atomic E-state index is 12.6. The zero-order valence-electron chi connectivity index (χ0n) is 10.5. The van der Waals surface area contributed by atoms with Crippen molar-refractivity contribution in [3.8, 4) is 0 Å². The van der Waals surface area contributed by atoms with E-state index in [1.807, 2.05) is 18.2 Å². The van der Waals surface area contributed by atoms with Crippen molar-refractivity contribution in [2.24, 2.45) is 0 Å². The average Bonchev–Trinajstić information content (AvgIpc) is 2.85. The second-order valence-electron chi connectivity index (χ2n) is 4.31. The summed E-state index contributed by atoms with van der Waals surface area (Å²) in [5, 5.41) is 2.98. The lowest BCUT2D eigenvalue weighted by atomic mass is 10.1. The number of likely N-dealkylation sites (N-methyl/N-ethyl adjacent to an activating group) is 1. The third-order valence-electron chi connectivity index (χ3n) is 3.23. The molecule has 6 nitrogen and oxygen atoms in total. The standard InChI is InChI=1S/C13H14N4O2/c1-14-11-12-9(16-8-19-12)5-7-17(13(11)18)10-4-2-3-6-15-10/h2-4,6,8,11,14H,5,7H2,1H3. The molecule has 0 spiro atoms. The number of rotatable bonds is 2. The van der Waals surface area contributed by atoms with Crippen molar-refractivity contribution >= 4 is 11.7 Å². The Morgan fingerprint density at radius 1 is 1.42 bits per heavy atom. The second-order valence-corrected chi connectivity index (χ2v) is 4.31. The summed E-state index contributed by atoms with van der Waals surface area (Å²) in [6.45, 7) is 0.549. The summed E-state index contributed by atoms with van der Waals surface area (Å²) >= 11 is 0. The molecule has 3 rings (SSSR count). The molecule has 2 aromatic heterocycles. The van der Waals surface area contributed by atoms with E-state index in [-0.39, 0.29) is 5.91 Å². The molecule has 1 atom stereocenters. The van der Waals surface area contributed by atoms with Crippen molar-refractivity contribution in [1.82, 2.24) is 15.3 Å². The van der Waals surface area contributed by atoms with E-state index in [0.717, 1.165) is 5.69 Å². The highest BCUT2D eigenvalue weighted by atomic mass is 16.3. The van der Waals surface area contributed by atoms with E-state index in [2.05, 4.69) is 15.3 Å². The Bertz CT molecular complexity index is 581. The van der Waals surface area contributed by atoms with Gasteiger partial charge in [-0.2, -0.15) is 0 Å². The van der Waals surface area contributed by atoms with Crippen LogP contribution in [0.5, 0.6) is 0 Å². The number of amides is 1. The van der Waals surface area contributed by atoms with Crippen LogP contribution in [0, 0.1) is 0 Å². The molecule has 0 bridgehead atoms. The summed E-state index contributed by atoms with van der Waals surface area (Å²) in [4.78, 5) is 22.6. The van der Waals surface area contributed by atoms with Gasteiger partial charge in [0, 0.05) is 19.2 Å². The predicted octanol–water partition coefficient (Wildman–Crippen LogP) is 0.919. The molecule has 1 aliphatic rings. The molecule has 0 radical (unpaired) electrons. The Kier molecular flexibility index (Phi) is 3.00. The zero-order chi connectivity index (χ0) is 13.2. The van der Waals surface area contributed by atoms with E-state index in [4.69, 9.17) is 4.42 Å². The Labute approximate surface area is 110 Å². The van der Waals surface area contributed by atoms with Crippen LogP contribution in [-0.4, -0.2) is 29.5 Å². The smallest absolute Gasteiger partial charge is 0.253 e. The van der Waals surface area contributed by atoms with Gasteiger partial charge in [0.1, 0.15) is 11.9 Å². The molecule has 2 aromatic rings. The summed E-state index contributed by atoms with van der Waals surface area (Å²) in [7, 11) is 1.73. The van der Waals surface area contributed by atoms with Gasteiger partial charge in [-0.05, 0) is 19.2 Å². The van der Waals surface area contributed by atoms with E-state index >= 15 is 0 Å². The van der Waals surface area contributed by atoms with Gasteiger partial charge in [-0.25, -0.2) is 9.97 Å². The van der Waals surface area contributed by atoms with Crippen LogP contribution in [0.1, 0.15) is 17.5 Å². The molecule has 0 fully saturated rings. The molecule has 19 heavy (non-hydrogen) atoms. The molecular formula is C13H14N4O2. The average molecular weight is 258 g/mol. The van der Waals surface area contributed by atoms with Crippen molar-refractivity contribution in [3.05, 3.63) is 42.2 Å². The van der Waals surface area contributed by atoms with E-state index in [1.54, 1.807) is 18.1 Å². The summed E-state index contributed by atoms with van der Waals surface area (Å²) in [6.07, 6.45) is 3.72. The number of anilines is 1. The topological polar surface area (TPSA) is 71.3 Å². The van der Waals surface area contributed by atoms with Crippen LogP contribution in [0.25, 0.3) is 0 Å². The minimum atomic E-state index is -0.512. The number of nitrogens with zero attached hydrogens (tertiary/aromatic N) is 3. The fourth-order valence-corrected chi connectivity index (χ4v) is 2.29. The van der Waals surface area contributed by atoms with Crippen LogP contribution < -0.4 is 10.2 Å². The normalized spacial score (nSPS) is 19.1. The van der Waals surface area contributed by atoms with Gasteiger partial charge in [-0.3, -0.25) is 9.69 Å². The van der Waals surface area contributed by atoms with E-state index in [0.29, 0.717) is 24.5 Å². The molecule has 0 aromatic carbocycles. The number of pyridine rings is 1. The fraction of sp³-hybridized carbons (Fsp3) is 0.308. The fourth-order valence-electron chi connectivity index (χ4n) is 2.29. The number of hydrogen-bond donors (Lipinski definition) is 1. The quantitative estimate of drug-likeness (QED) is 0.867. The van der Waals surface area contributed by atoms with Gasteiger partial charge >= 0.3 is 0 Å². The highest BCUT2D eigenvalue weighted by molar-refractivity contribution is 5.97. The number of oxazole rings is 1. The number of hydrogen-bond acceptors (Lipinski definition) is 5. The summed E-state index contributed by atoms with van der Waals surface area (Å²) in [5.41, 5.74) is 0.825. The maximum Gasteiger partial charge on any atom is 0.253 e. The highest BCUT2D eigenvalue weighted by Gasteiger charge is 2.34. The Morgan fingerprint density at radius 2 is 2.32 bits per heavy atom. The molecule has 1 N–H and O–H groups in total. The van der Waals surface area contributed by atoms with Crippen LogP contribution in [0.3, 0.4) is 0 Å². The lowest BCUT2D eigenvalue weighted by Gasteiger charge is -2.22. The van der Waals surface area contributed by atoms with Crippen molar-refractivity contribution in [2.45, 2.75) is 12.5 Å². The molecule has 6 heteroatoms. The minimum absolute atomic E-state index is 0.0725. The molecule has 1 aliphatic heterocycles. The Hall–Kier alpha value is -2.21. The minimum Gasteiger partial charge on any atom is -0.446 e. The van der Waals surface area contributed by atoms with Crippen LogP contribution in [-0.2, 0) is 11.2 Å². The summed E-state index contributed by atoms with van der Waals surface area (Å²) in [6, 6.07) is 5.00. The molecule has 1 unspecified atom stereocenters. The van der Waals surface area contributed by atoms with Gasteiger partial charge in [0.2, 0.25) is 0 Å². The van der Waals surface area contributed by atoms with Crippen molar-refractivity contribution in [3.63, 3.8) is 0 Å². The van der Waals surface area contributed by atoms with Gasteiger partial charge in [-0.15, -0.1) is 0 Å². The molecule has 0 saturated heterocycles. The molecule has 0 aliphatic carbocycles. The largest absolute Gasteiger partial charge is 0.446 e. The second kappa shape index (κ2) is 4.81. The first-order valence-electron chi connectivity index (χ1n) is 6.13. The highest BCUT2D eigenvalue weighted by Crippen LogP contribution is 2.26. The first-order valence-corrected chi connectivity index (χ1v) is 6.13. The maximum atomic E-state index is 12.6. The van der Waals surface area contributed by atoms with Gasteiger partial charge in [-0.1, -0.05) is 6.07 Å². The summed E-state index contributed by atoms with van der Waals surface area (Å²) in [5.74, 6) is 1.18. The third-order valence-corrected chi connectivity index (χ3v) is 3.23. The Balaban J connectivity index is 1.99. The van der Waals surface area contributed by atoms with Crippen molar-refractivity contribution < 1.29 is 9.21 Å². The third kappa shape index (κ3) is 2.00. The molecule has 98 valence electrons. The van der Waals surface area contributed by atoms with Crippen molar-refractivity contribution in [2.75, 3.05) is 18.5 Å². The van der Waals surface area contributed by atoms with Gasteiger partial charge in [0.25, 0.3) is 5.91 Å². The lowest BCUT2D eigenvalue weighted by molar-refractivity contribution is -0.120. The van der Waals surface area contributed by atoms with Crippen LogP contribution in [0.4, 0.5) is 5.82 Å². The van der Waals surface area contributed by atoms with E-state index in [9.17, 15) is 4.79 Å². The number of carbonyl (C=O) groups is 1. The predicted molar refractivity (Wildman–Crippen MR) is 68.6 cm³/mol. The number of nitrogens with one attached hydrogen (secondary N) is 1. The van der Waals surface area contributed by atoms with Gasteiger partial charge < -0.3 is 9.73 Å². The summed E-state index contributed by atoms with van der Waals surface area (Å²) < 4.78 is 5.35. The zero-order valence-corrected chi connectivity index (χ0v) is 10.5. The molecule has 0 saturated carbocycles. The van der Waals surface area contributed by atoms with Crippen LogP contribution in [0.15, 0.2) is 35.2 Å². The molecule has 3 heterocycles.